The number of nitrogens with zero attached hydrogens (tertiary/aromatic N) is 1. The maximum atomic E-state index is 12.8. The van der Waals surface area contributed by atoms with Crippen molar-refractivity contribution in [1.82, 2.24) is 9.88 Å². The van der Waals surface area contributed by atoms with Gasteiger partial charge < -0.3 is 20.1 Å². The molecular weight excluding hydrogens is 478 g/mol. The van der Waals surface area contributed by atoms with Crippen LogP contribution < -0.4 is 10.6 Å². The molecule has 1 saturated carbocycles. The van der Waals surface area contributed by atoms with Gasteiger partial charge in [0.05, 0.1) is 12.6 Å². The van der Waals surface area contributed by atoms with Crippen LogP contribution in [0.1, 0.15) is 48.4 Å². The summed E-state index contributed by atoms with van der Waals surface area (Å²) in [4.78, 5) is 24.4. The fourth-order valence-corrected chi connectivity index (χ4v) is 5.44. The van der Waals surface area contributed by atoms with Crippen LogP contribution in [-0.4, -0.2) is 39.3 Å². The number of benzene rings is 3. The molecule has 0 radical (unpaired) electrons. The van der Waals surface area contributed by atoms with Crippen LogP contribution in [0.3, 0.4) is 0 Å². The zero-order valence-corrected chi connectivity index (χ0v) is 21.2. The summed E-state index contributed by atoms with van der Waals surface area (Å²) < 4.78 is 2.20. The Morgan fingerprint density at radius 3 is 2.13 bits per heavy atom. The van der Waals surface area contributed by atoms with E-state index in [0.29, 0.717) is 0 Å². The fraction of sp³-hybridized carbons (Fsp3) is 0.290. The van der Waals surface area contributed by atoms with Crippen LogP contribution >= 0.6 is 0 Å². The van der Waals surface area contributed by atoms with Gasteiger partial charge in [0.25, 0.3) is 0 Å². The second-order valence-electron chi connectivity index (χ2n) is 9.94. The van der Waals surface area contributed by atoms with Gasteiger partial charge in [-0.3, -0.25) is 14.9 Å². The second kappa shape index (κ2) is 11.6. The van der Waals surface area contributed by atoms with Crippen LogP contribution in [0.25, 0.3) is 10.9 Å². The number of aliphatic carboxylic acids is 1. The molecule has 1 aliphatic carbocycles. The molecule has 4 N–H and O–H groups in total. The molecule has 1 unspecified atom stereocenters. The van der Waals surface area contributed by atoms with Crippen LogP contribution in [0.15, 0.2) is 85.1 Å². The molecule has 1 aromatic heterocycles. The number of aromatic nitrogens is 1. The molecular formula is C31H33N3O4. The lowest BCUT2D eigenvalue weighted by atomic mass is 9.98. The Labute approximate surface area is 222 Å². The van der Waals surface area contributed by atoms with Gasteiger partial charge in [-0.25, -0.2) is 0 Å². The van der Waals surface area contributed by atoms with E-state index in [2.05, 4.69) is 39.5 Å². The minimum Gasteiger partial charge on any atom is -0.480 e. The van der Waals surface area contributed by atoms with Crippen molar-refractivity contribution in [2.75, 3.05) is 11.9 Å². The van der Waals surface area contributed by atoms with E-state index in [0.717, 1.165) is 59.0 Å². The molecule has 3 aromatic carbocycles. The van der Waals surface area contributed by atoms with Crippen LogP contribution in [0.2, 0.25) is 0 Å². The third kappa shape index (κ3) is 5.49. The molecule has 7 nitrogen and oxygen atoms in total. The molecule has 1 heterocycles. The van der Waals surface area contributed by atoms with E-state index in [1.165, 1.54) is 0 Å². The standard InChI is InChI=1S/C31H33N3O4/c35-20-27(31(37)38)32-18-24-19-34(29(21-9-3-1-4-10-21)22-11-5-2-6-12-22)28-16-15-25(17-26(24)28)33-30(36)23-13-7-8-14-23/h1-6,9-12,15-17,19,23,27,29,32,35H,7-8,13-14,18,20H2,(H,33,36)(H,37,38). The van der Waals surface area contributed by atoms with E-state index in [1.807, 2.05) is 60.8 Å². The van der Waals surface area contributed by atoms with E-state index in [1.54, 1.807) is 0 Å². The van der Waals surface area contributed by atoms with Gasteiger partial charge in [0.1, 0.15) is 6.04 Å². The van der Waals surface area contributed by atoms with Gasteiger partial charge in [-0.05, 0) is 47.7 Å². The van der Waals surface area contributed by atoms with Gasteiger partial charge in [0.15, 0.2) is 0 Å². The Morgan fingerprint density at radius 1 is 0.921 bits per heavy atom. The molecule has 1 atom stereocenters. The molecule has 0 saturated heterocycles. The second-order valence-corrected chi connectivity index (χ2v) is 9.94. The highest BCUT2D eigenvalue weighted by Crippen LogP contribution is 2.34. The summed E-state index contributed by atoms with van der Waals surface area (Å²) >= 11 is 0. The SMILES string of the molecule is O=C(Nc1ccc2c(c1)c(CNC(CO)C(=O)O)cn2C(c1ccccc1)c1ccccc1)C1CCCC1. The average molecular weight is 512 g/mol. The minimum atomic E-state index is -1.10. The summed E-state index contributed by atoms with van der Waals surface area (Å²) in [6.07, 6.45) is 6.07. The predicted molar refractivity (Wildman–Crippen MR) is 148 cm³/mol. The Balaban J connectivity index is 1.58. The van der Waals surface area contributed by atoms with Gasteiger partial charge in [0.2, 0.25) is 5.91 Å². The molecule has 1 aliphatic rings. The number of carboxylic acid groups (broad SMARTS) is 1. The Kier molecular flexibility index (Phi) is 7.86. The number of aliphatic hydroxyl groups is 1. The van der Waals surface area contributed by atoms with Gasteiger partial charge in [-0.15, -0.1) is 0 Å². The topological polar surface area (TPSA) is 104 Å². The molecule has 1 amide bonds. The monoisotopic (exact) mass is 511 g/mol. The maximum Gasteiger partial charge on any atom is 0.323 e. The average Bonchev–Trinajstić information content (AvgIpc) is 3.60. The summed E-state index contributed by atoms with van der Waals surface area (Å²) in [5, 5.41) is 25.9. The highest BCUT2D eigenvalue weighted by Gasteiger charge is 2.24. The van der Waals surface area contributed by atoms with E-state index in [9.17, 15) is 19.8 Å². The van der Waals surface area contributed by atoms with Gasteiger partial charge in [-0.1, -0.05) is 73.5 Å². The third-order valence-electron chi connectivity index (χ3n) is 7.44. The van der Waals surface area contributed by atoms with Crippen molar-refractivity contribution in [1.29, 1.82) is 0 Å². The largest absolute Gasteiger partial charge is 0.480 e. The minimum absolute atomic E-state index is 0.0536. The van der Waals surface area contributed by atoms with Crippen molar-refractivity contribution in [3.63, 3.8) is 0 Å². The number of rotatable bonds is 10. The van der Waals surface area contributed by atoms with Gasteiger partial charge in [0, 0.05) is 35.2 Å². The fourth-order valence-electron chi connectivity index (χ4n) is 5.44. The molecule has 196 valence electrons. The van der Waals surface area contributed by atoms with Crippen LogP contribution in [-0.2, 0) is 16.1 Å². The summed E-state index contributed by atoms with van der Waals surface area (Å²) in [6.45, 7) is -0.259. The first-order valence-corrected chi connectivity index (χ1v) is 13.2. The van der Waals surface area contributed by atoms with Crippen LogP contribution in [0.4, 0.5) is 5.69 Å². The quantitative estimate of drug-likeness (QED) is 0.241. The number of carbonyl (C=O) groups excluding carboxylic acids is 1. The molecule has 0 spiro atoms. The molecule has 4 aromatic rings. The molecule has 1 fully saturated rings. The molecule has 38 heavy (non-hydrogen) atoms. The molecule has 0 aliphatic heterocycles. The zero-order chi connectivity index (χ0) is 26.5. The van der Waals surface area contributed by atoms with Gasteiger partial charge >= 0.3 is 5.97 Å². The summed E-state index contributed by atoms with van der Waals surface area (Å²) in [6, 6.07) is 25.2. The van der Waals surface area contributed by atoms with E-state index >= 15 is 0 Å². The Bertz CT molecular complexity index is 1360. The van der Waals surface area contributed by atoms with E-state index in [-0.39, 0.29) is 24.4 Å². The Morgan fingerprint density at radius 2 is 1.55 bits per heavy atom. The smallest absolute Gasteiger partial charge is 0.323 e. The summed E-state index contributed by atoms with van der Waals surface area (Å²) in [5.41, 5.74) is 4.81. The van der Waals surface area contributed by atoms with Gasteiger partial charge in [-0.2, -0.15) is 0 Å². The Hall–Kier alpha value is -3.94. The number of hydrogen-bond donors (Lipinski definition) is 4. The first-order valence-electron chi connectivity index (χ1n) is 13.2. The third-order valence-corrected chi connectivity index (χ3v) is 7.44. The zero-order valence-electron chi connectivity index (χ0n) is 21.2. The highest BCUT2D eigenvalue weighted by atomic mass is 16.4. The number of amides is 1. The normalized spacial score (nSPS) is 14.7. The van der Waals surface area contributed by atoms with E-state index < -0.39 is 18.6 Å². The predicted octanol–water partition coefficient (Wildman–Crippen LogP) is 4.94. The lowest BCUT2D eigenvalue weighted by Gasteiger charge is -2.22. The molecule has 7 heteroatoms. The number of carboxylic acids is 1. The number of carbonyl (C=O) groups is 2. The van der Waals surface area contributed by atoms with Crippen molar-refractivity contribution in [3.8, 4) is 0 Å². The molecule has 0 bridgehead atoms. The van der Waals surface area contributed by atoms with Crippen molar-refractivity contribution < 1.29 is 19.8 Å². The maximum absolute atomic E-state index is 12.8. The van der Waals surface area contributed by atoms with Crippen molar-refractivity contribution in [2.24, 2.45) is 5.92 Å². The first-order chi connectivity index (χ1) is 18.5. The number of hydrogen-bond acceptors (Lipinski definition) is 4. The molecule has 5 rings (SSSR count). The highest BCUT2D eigenvalue weighted by molar-refractivity contribution is 5.96. The lowest BCUT2D eigenvalue weighted by molar-refractivity contribution is -0.140. The number of anilines is 1. The van der Waals surface area contributed by atoms with Crippen molar-refractivity contribution >= 4 is 28.5 Å². The summed E-state index contributed by atoms with van der Waals surface area (Å²) in [7, 11) is 0. The van der Waals surface area contributed by atoms with E-state index in [4.69, 9.17) is 0 Å². The lowest BCUT2D eigenvalue weighted by Crippen LogP contribution is -2.39. The van der Waals surface area contributed by atoms with Crippen molar-refractivity contribution in [2.45, 2.75) is 44.3 Å². The summed E-state index contributed by atoms with van der Waals surface area (Å²) in [5.74, 6) is -0.997. The number of nitrogens with one attached hydrogen (secondary N) is 2. The first kappa shape index (κ1) is 25.7. The number of fused-ring (bicyclic) bond motifs is 1. The van der Waals surface area contributed by atoms with Crippen LogP contribution in [0.5, 0.6) is 0 Å². The number of aliphatic hydroxyl groups excluding tert-OH is 1. The van der Waals surface area contributed by atoms with Crippen molar-refractivity contribution in [3.05, 3.63) is 102 Å². The van der Waals surface area contributed by atoms with Crippen LogP contribution in [0, 0.1) is 5.92 Å².